The van der Waals surface area contributed by atoms with Crippen LogP contribution in [0.1, 0.15) is 60.5 Å². The molecule has 3 nitrogen and oxygen atoms in total. The van der Waals surface area contributed by atoms with Gasteiger partial charge in [0.1, 0.15) is 5.75 Å². The Morgan fingerprint density at radius 3 is 2.56 bits per heavy atom. The van der Waals surface area contributed by atoms with E-state index in [9.17, 15) is 15.0 Å². The first-order chi connectivity index (χ1) is 7.97. The van der Waals surface area contributed by atoms with Gasteiger partial charge < -0.3 is 15.0 Å². The summed E-state index contributed by atoms with van der Waals surface area (Å²) < 4.78 is 0. The number of carboxylic acids is 1. The van der Waals surface area contributed by atoms with Crippen LogP contribution in [-0.2, 0) is 0 Å². The number of phenolic OH excluding ortho intramolecular Hbond substituents is 1. The van der Waals surface area contributed by atoms with Crippen LogP contribution in [-0.4, -0.2) is 11.1 Å². The number of carbonyl (C=O) groups excluding carboxylic acids is 1. The first kappa shape index (κ1) is 18.1. The number of phenols is 1. The maximum absolute atomic E-state index is 10.9. The van der Waals surface area contributed by atoms with Crippen LogP contribution in [0.15, 0.2) is 12.1 Å². The van der Waals surface area contributed by atoms with Crippen molar-refractivity contribution in [1.29, 1.82) is 0 Å². The Hall–Kier alpha value is 0.126. The standard InChI is InChI=1S/C14H20O3.K/c1-4-5-6-9(2)11-8-12(14(16)17)10(3)7-13(11)15;/h7-9,15H,4-6H2,1-3H3,(H,16,17);/q;+1/p-1. The second kappa shape index (κ2) is 8.33. The number of carbonyl (C=O) groups is 1. The Kier molecular flexibility index (Phi) is 8.39. The summed E-state index contributed by atoms with van der Waals surface area (Å²) in [7, 11) is 0. The van der Waals surface area contributed by atoms with E-state index in [4.69, 9.17) is 0 Å². The number of hydrogen-bond donors (Lipinski definition) is 1. The summed E-state index contributed by atoms with van der Waals surface area (Å²) >= 11 is 0. The number of carboxylic acid groups (broad SMARTS) is 1. The zero-order valence-electron chi connectivity index (χ0n) is 11.6. The summed E-state index contributed by atoms with van der Waals surface area (Å²) in [6.07, 6.45) is 3.10. The van der Waals surface area contributed by atoms with E-state index in [0.717, 1.165) is 19.3 Å². The third kappa shape index (κ3) is 4.66. The molecule has 1 rings (SSSR count). The van der Waals surface area contributed by atoms with Crippen molar-refractivity contribution in [1.82, 2.24) is 0 Å². The number of aromatic hydroxyl groups is 1. The Balaban J connectivity index is 0.00000289. The maximum atomic E-state index is 10.9. The molecule has 4 heteroatoms. The molecule has 1 N–H and O–H groups in total. The SMILES string of the molecule is CCCCC(C)c1cc(C(=O)[O-])c(C)cc1O.[K+]. The third-order valence-electron chi connectivity index (χ3n) is 3.12. The second-order valence-corrected chi connectivity index (χ2v) is 4.56. The van der Waals surface area contributed by atoms with Gasteiger partial charge in [-0.05, 0) is 42.5 Å². The van der Waals surface area contributed by atoms with Gasteiger partial charge in [0.2, 0.25) is 0 Å². The Morgan fingerprint density at radius 2 is 2.06 bits per heavy atom. The maximum Gasteiger partial charge on any atom is 1.00 e. The van der Waals surface area contributed by atoms with Gasteiger partial charge in [-0.15, -0.1) is 0 Å². The van der Waals surface area contributed by atoms with E-state index in [2.05, 4.69) is 6.92 Å². The van der Waals surface area contributed by atoms with Crippen molar-refractivity contribution in [3.8, 4) is 5.75 Å². The van der Waals surface area contributed by atoms with Crippen molar-refractivity contribution in [3.63, 3.8) is 0 Å². The summed E-state index contributed by atoms with van der Waals surface area (Å²) in [4.78, 5) is 10.9. The van der Waals surface area contributed by atoms with Crippen molar-refractivity contribution >= 4 is 5.97 Å². The Labute approximate surface area is 151 Å². The van der Waals surface area contributed by atoms with Gasteiger partial charge >= 0.3 is 51.4 Å². The minimum atomic E-state index is -1.19. The van der Waals surface area contributed by atoms with E-state index in [1.165, 1.54) is 6.07 Å². The molecule has 0 amide bonds. The molecule has 18 heavy (non-hydrogen) atoms. The van der Waals surface area contributed by atoms with Gasteiger partial charge in [0.25, 0.3) is 0 Å². The predicted octanol–water partition coefficient (Wildman–Crippen LogP) is -0.638. The van der Waals surface area contributed by atoms with E-state index in [-0.39, 0.29) is 68.6 Å². The summed E-state index contributed by atoms with van der Waals surface area (Å²) in [5.74, 6) is -0.851. The molecule has 0 radical (unpaired) electrons. The van der Waals surface area contributed by atoms with E-state index < -0.39 is 5.97 Å². The summed E-state index contributed by atoms with van der Waals surface area (Å²) in [6, 6.07) is 3.04. The predicted molar refractivity (Wildman–Crippen MR) is 65.1 cm³/mol. The molecule has 0 fully saturated rings. The molecule has 0 aliphatic rings. The van der Waals surface area contributed by atoms with Gasteiger partial charge in [0.15, 0.2) is 0 Å². The van der Waals surface area contributed by atoms with Crippen LogP contribution in [0.25, 0.3) is 0 Å². The van der Waals surface area contributed by atoms with Crippen molar-refractivity contribution < 1.29 is 66.4 Å². The van der Waals surface area contributed by atoms with E-state index in [0.29, 0.717) is 11.1 Å². The van der Waals surface area contributed by atoms with Gasteiger partial charge in [0, 0.05) is 5.56 Å². The quantitative estimate of drug-likeness (QED) is 0.727. The van der Waals surface area contributed by atoms with Crippen LogP contribution >= 0.6 is 0 Å². The first-order valence-electron chi connectivity index (χ1n) is 6.02. The number of unbranched alkanes of at least 4 members (excludes halogenated alkanes) is 1. The molecule has 1 unspecified atom stereocenters. The van der Waals surface area contributed by atoms with Gasteiger partial charge in [-0.3, -0.25) is 0 Å². The van der Waals surface area contributed by atoms with Gasteiger partial charge in [-0.1, -0.05) is 26.7 Å². The monoisotopic (exact) mass is 274 g/mol. The van der Waals surface area contributed by atoms with Gasteiger partial charge in [0.05, 0.1) is 5.97 Å². The smallest absolute Gasteiger partial charge is 0.545 e. The van der Waals surface area contributed by atoms with E-state index in [1.807, 2.05) is 6.92 Å². The fourth-order valence-corrected chi connectivity index (χ4v) is 1.99. The molecule has 0 bridgehead atoms. The number of rotatable bonds is 5. The zero-order chi connectivity index (χ0) is 13.0. The fraction of sp³-hybridized carbons (Fsp3) is 0.500. The van der Waals surface area contributed by atoms with E-state index in [1.54, 1.807) is 13.0 Å². The molecule has 1 atom stereocenters. The molecule has 1 aromatic carbocycles. The largest absolute Gasteiger partial charge is 1.00 e. The van der Waals surface area contributed by atoms with Crippen LogP contribution < -0.4 is 56.5 Å². The van der Waals surface area contributed by atoms with Crippen LogP contribution in [0.2, 0.25) is 0 Å². The minimum absolute atomic E-state index is 0. The molecule has 1 aromatic rings. The number of benzene rings is 1. The molecule has 0 aromatic heterocycles. The van der Waals surface area contributed by atoms with Crippen molar-refractivity contribution in [2.45, 2.75) is 46.0 Å². The Bertz CT molecular complexity index is 416. The molecule has 0 aliphatic carbocycles. The molecular formula is C14H19KO3. The normalized spacial score (nSPS) is 11.7. The van der Waals surface area contributed by atoms with Crippen molar-refractivity contribution in [3.05, 3.63) is 28.8 Å². The molecule has 0 saturated carbocycles. The Morgan fingerprint density at radius 1 is 1.44 bits per heavy atom. The van der Waals surface area contributed by atoms with Crippen molar-refractivity contribution in [2.75, 3.05) is 0 Å². The van der Waals surface area contributed by atoms with Gasteiger partial charge in [-0.25, -0.2) is 0 Å². The summed E-state index contributed by atoms with van der Waals surface area (Å²) in [6.45, 7) is 5.76. The van der Waals surface area contributed by atoms with E-state index >= 15 is 0 Å². The number of aromatic carboxylic acids is 1. The topological polar surface area (TPSA) is 60.4 Å². The first-order valence-corrected chi connectivity index (χ1v) is 6.02. The molecular weight excluding hydrogens is 255 g/mol. The zero-order valence-corrected chi connectivity index (χ0v) is 14.7. The average Bonchev–Trinajstić information content (AvgIpc) is 2.25. The molecule has 0 saturated heterocycles. The van der Waals surface area contributed by atoms with Crippen LogP contribution in [0, 0.1) is 6.92 Å². The van der Waals surface area contributed by atoms with Crippen LogP contribution in [0.5, 0.6) is 5.75 Å². The molecule has 0 heterocycles. The number of hydrogen-bond acceptors (Lipinski definition) is 3. The third-order valence-corrected chi connectivity index (χ3v) is 3.12. The molecule has 0 spiro atoms. The summed E-state index contributed by atoms with van der Waals surface area (Å²) in [5.41, 5.74) is 1.40. The van der Waals surface area contributed by atoms with Gasteiger partial charge in [-0.2, -0.15) is 0 Å². The number of aryl methyl sites for hydroxylation is 1. The fourth-order valence-electron chi connectivity index (χ4n) is 1.99. The minimum Gasteiger partial charge on any atom is -0.545 e. The van der Waals surface area contributed by atoms with Crippen LogP contribution in [0.4, 0.5) is 0 Å². The van der Waals surface area contributed by atoms with Crippen molar-refractivity contribution in [2.24, 2.45) is 0 Å². The molecule has 0 aliphatic heterocycles. The average molecular weight is 274 g/mol. The summed E-state index contributed by atoms with van der Waals surface area (Å²) in [5, 5.41) is 20.8. The van der Waals surface area contributed by atoms with Crippen LogP contribution in [0.3, 0.4) is 0 Å². The second-order valence-electron chi connectivity index (χ2n) is 4.56. The molecule has 94 valence electrons.